The van der Waals surface area contributed by atoms with Gasteiger partial charge in [-0.1, -0.05) is 6.08 Å². The highest BCUT2D eigenvalue weighted by molar-refractivity contribution is 5.97. The number of likely N-dealkylation sites (N-methyl/N-ethyl adjacent to an activating group) is 1. The topological polar surface area (TPSA) is 57.6 Å². The molecule has 27 heavy (non-hydrogen) atoms. The number of carbonyl (C=O) groups is 1. The van der Waals surface area contributed by atoms with Crippen molar-refractivity contribution in [1.29, 1.82) is 0 Å². The number of halogens is 1. The van der Waals surface area contributed by atoms with Crippen molar-refractivity contribution in [3.05, 3.63) is 52.6 Å². The summed E-state index contributed by atoms with van der Waals surface area (Å²) >= 11 is 0. The van der Waals surface area contributed by atoms with Crippen LogP contribution in [0.3, 0.4) is 0 Å². The molecule has 0 aliphatic carbocycles. The molecule has 0 atom stereocenters. The number of anilines is 1. The number of piperazine rings is 1. The standard InChI is InChI=1S/C20H25FN4O2/c1-4-6-22-20(27)15-13-24(5-2)17-12-18(16(21)11-14(17)19(15)26)25-9-7-23(3)8-10-25/h4,11-13H,1,5-10H2,2-3H3,(H,22,27). The molecule has 2 heterocycles. The Balaban J connectivity index is 2.10. The molecule has 1 aromatic carbocycles. The van der Waals surface area contributed by atoms with Gasteiger partial charge in [0.1, 0.15) is 11.4 Å². The van der Waals surface area contributed by atoms with E-state index >= 15 is 0 Å². The van der Waals surface area contributed by atoms with Gasteiger partial charge in [-0.2, -0.15) is 0 Å². The second-order valence-corrected chi connectivity index (χ2v) is 6.77. The van der Waals surface area contributed by atoms with Crippen molar-refractivity contribution in [2.75, 3.05) is 44.7 Å². The molecular formula is C20H25FN4O2. The van der Waals surface area contributed by atoms with E-state index in [1.165, 1.54) is 6.07 Å². The molecule has 7 heteroatoms. The van der Waals surface area contributed by atoms with Crippen molar-refractivity contribution in [2.24, 2.45) is 0 Å². The van der Waals surface area contributed by atoms with E-state index in [0.29, 0.717) is 17.7 Å². The maximum absolute atomic E-state index is 14.8. The van der Waals surface area contributed by atoms with Gasteiger partial charge < -0.3 is 19.7 Å². The predicted molar refractivity (Wildman–Crippen MR) is 106 cm³/mol. The lowest BCUT2D eigenvalue weighted by molar-refractivity contribution is 0.0956. The first kappa shape index (κ1) is 19.1. The molecule has 0 bridgehead atoms. The normalized spacial score (nSPS) is 15.1. The Morgan fingerprint density at radius 1 is 1.30 bits per heavy atom. The summed E-state index contributed by atoms with van der Waals surface area (Å²) in [6.07, 6.45) is 3.09. The number of hydrogen-bond donors (Lipinski definition) is 1. The van der Waals surface area contributed by atoms with Gasteiger partial charge in [-0.05, 0) is 26.1 Å². The van der Waals surface area contributed by atoms with E-state index in [9.17, 15) is 14.0 Å². The summed E-state index contributed by atoms with van der Waals surface area (Å²) in [6, 6.07) is 2.99. The third-order valence-electron chi connectivity index (χ3n) is 4.98. The van der Waals surface area contributed by atoms with Gasteiger partial charge in [-0.3, -0.25) is 9.59 Å². The number of rotatable bonds is 5. The van der Waals surface area contributed by atoms with Gasteiger partial charge in [0.05, 0.1) is 11.2 Å². The zero-order chi connectivity index (χ0) is 19.6. The monoisotopic (exact) mass is 372 g/mol. The minimum absolute atomic E-state index is 0.0120. The fraction of sp³-hybridized carbons (Fsp3) is 0.400. The van der Waals surface area contributed by atoms with Crippen LogP contribution in [0.15, 0.2) is 35.8 Å². The van der Waals surface area contributed by atoms with Crippen molar-refractivity contribution in [2.45, 2.75) is 13.5 Å². The van der Waals surface area contributed by atoms with Crippen LogP contribution in [-0.2, 0) is 6.54 Å². The van der Waals surface area contributed by atoms with Crippen molar-refractivity contribution in [3.8, 4) is 0 Å². The molecule has 1 aliphatic heterocycles. The molecule has 6 nitrogen and oxygen atoms in total. The highest BCUT2D eigenvalue weighted by atomic mass is 19.1. The van der Waals surface area contributed by atoms with Crippen LogP contribution < -0.4 is 15.6 Å². The number of aryl methyl sites for hydroxylation is 1. The zero-order valence-electron chi connectivity index (χ0n) is 15.8. The van der Waals surface area contributed by atoms with Gasteiger partial charge >= 0.3 is 0 Å². The maximum Gasteiger partial charge on any atom is 0.257 e. The van der Waals surface area contributed by atoms with Crippen LogP contribution in [0.5, 0.6) is 0 Å². The van der Waals surface area contributed by atoms with Gasteiger partial charge in [-0.15, -0.1) is 6.58 Å². The molecule has 2 aromatic rings. The summed E-state index contributed by atoms with van der Waals surface area (Å²) in [4.78, 5) is 29.3. The van der Waals surface area contributed by atoms with Crippen LogP contribution in [0.2, 0.25) is 0 Å². The average Bonchev–Trinajstić information content (AvgIpc) is 2.67. The lowest BCUT2D eigenvalue weighted by Gasteiger charge is -2.34. The fourth-order valence-corrected chi connectivity index (χ4v) is 3.37. The Kier molecular flexibility index (Phi) is 5.60. The van der Waals surface area contributed by atoms with E-state index in [2.05, 4.69) is 16.8 Å². The van der Waals surface area contributed by atoms with Crippen LogP contribution in [0, 0.1) is 5.82 Å². The molecule has 1 N–H and O–H groups in total. The van der Waals surface area contributed by atoms with Crippen molar-refractivity contribution < 1.29 is 9.18 Å². The number of nitrogens with zero attached hydrogens (tertiary/aromatic N) is 3. The molecule has 0 spiro atoms. The van der Waals surface area contributed by atoms with E-state index in [1.54, 1.807) is 18.3 Å². The van der Waals surface area contributed by atoms with Crippen LogP contribution in [0.1, 0.15) is 17.3 Å². The summed E-state index contributed by atoms with van der Waals surface area (Å²) in [6.45, 7) is 9.49. The predicted octanol–water partition coefficient (Wildman–Crippen LogP) is 1.83. The largest absolute Gasteiger partial charge is 0.367 e. The van der Waals surface area contributed by atoms with E-state index in [-0.39, 0.29) is 17.5 Å². The van der Waals surface area contributed by atoms with Crippen molar-refractivity contribution >= 4 is 22.5 Å². The summed E-state index contributed by atoms with van der Waals surface area (Å²) in [5, 5.41) is 2.83. The molecular weight excluding hydrogens is 347 g/mol. The summed E-state index contributed by atoms with van der Waals surface area (Å²) < 4.78 is 16.7. The Morgan fingerprint density at radius 3 is 2.63 bits per heavy atom. The third kappa shape index (κ3) is 3.73. The number of amides is 1. The number of pyridine rings is 1. The molecule has 0 saturated carbocycles. The molecule has 1 saturated heterocycles. The van der Waals surface area contributed by atoms with Gasteiger partial charge in [0, 0.05) is 50.9 Å². The smallest absolute Gasteiger partial charge is 0.257 e. The molecule has 3 rings (SSSR count). The number of benzene rings is 1. The summed E-state index contributed by atoms with van der Waals surface area (Å²) in [5.41, 5.74) is 0.692. The Labute approximate surface area is 157 Å². The van der Waals surface area contributed by atoms with E-state index in [1.807, 2.05) is 23.4 Å². The number of fused-ring (bicyclic) bond motifs is 1. The molecule has 1 fully saturated rings. The molecule has 1 aliphatic rings. The van der Waals surface area contributed by atoms with Crippen LogP contribution in [-0.4, -0.2) is 55.1 Å². The molecule has 1 aromatic heterocycles. The fourth-order valence-electron chi connectivity index (χ4n) is 3.37. The van der Waals surface area contributed by atoms with Crippen LogP contribution in [0.4, 0.5) is 10.1 Å². The van der Waals surface area contributed by atoms with Crippen molar-refractivity contribution in [3.63, 3.8) is 0 Å². The summed E-state index contributed by atoms with van der Waals surface area (Å²) in [7, 11) is 2.04. The molecule has 144 valence electrons. The Bertz CT molecular complexity index is 930. The lowest BCUT2D eigenvalue weighted by Crippen LogP contribution is -2.44. The van der Waals surface area contributed by atoms with Crippen LogP contribution >= 0.6 is 0 Å². The average molecular weight is 372 g/mol. The highest BCUT2D eigenvalue weighted by Crippen LogP contribution is 2.26. The first-order valence-corrected chi connectivity index (χ1v) is 9.15. The Hall–Kier alpha value is -2.67. The van der Waals surface area contributed by atoms with Gasteiger partial charge in [0.15, 0.2) is 0 Å². The van der Waals surface area contributed by atoms with Crippen molar-refractivity contribution in [1.82, 2.24) is 14.8 Å². The minimum atomic E-state index is -0.479. The van der Waals surface area contributed by atoms with Gasteiger partial charge in [0.25, 0.3) is 5.91 Å². The van der Waals surface area contributed by atoms with E-state index < -0.39 is 17.2 Å². The summed E-state index contributed by atoms with van der Waals surface area (Å²) in [5.74, 6) is -0.914. The number of hydrogen-bond acceptors (Lipinski definition) is 4. The number of aromatic nitrogens is 1. The first-order valence-electron chi connectivity index (χ1n) is 9.15. The second kappa shape index (κ2) is 7.92. The molecule has 0 unspecified atom stereocenters. The number of carbonyl (C=O) groups excluding carboxylic acids is 1. The minimum Gasteiger partial charge on any atom is -0.367 e. The second-order valence-electron chi connectivity index (χ2n) is 6.77. The van der Waals surface area contributed by atoms with Gasteiger partial charge in [-0.25, -0.2) is 4.39 Å². The number of nitrogens with one attached hydrogen (secondary N) is 1. The van der Waals surface area contributed by atoms with E-state index in [4.69, 9.17) is 0 Å². The highest BCUT2D eigenvalue weighted by Gasteiger charge is 2.21. The molecule has 1 amide bonds. The van der Waals surface area contributed by atoms with Crippen LogP contribution in [0.25, 0.3) is 10.9 Å². The maximum atomic E-state index is 14.8. The van der Waals surface area contributed by atoms with E-state index in [0.717, 1.165) is 26.2 Å². The quantitative estimate of drug-likeness (QED) is 0.814. The van der Waals surface area contributed by atoms with Gasteiger partial charge in [0.2, 0.25) is 5.43 Å². The third-order valence-corrected chi connectivity index (χ3v) is 4.98. The first-order chi connectivity index (χ1) is 13.0. The SMILES string of the molecule is C=CCNC(=O)c1cn(CC)c2cc(N3CCN(C)CC3)c(F)cc2c1=O. The Morgan fingerprint density at radius 2 is 2.00 bits per heavy atom. The lowest BCUT2D eigenvalue weighted by atomic mass is 10.1. The molecule has 0 radical (unpaired) electrons. The zero-order valence-corrected chi connectivity index (χ0v) is 15.8.